The van der Waals surface area contributed by atoms with Crippen LogP contribution < -0.4 is 10.5 Å². The number of nitrogens with zero attached hydrogens (tertiary/aromatic N) is 1. The molecule has 1 fully saturated rings. The van der Waals surface area contributed by atoms with Crippen molar-refractivity contribution in [3.8, 4) is 5.75 Å². The van der Waals surface area contributed by atoms with Gasteiger partial charge in [0.1, 0.15) is 17.5 Å². The molecule has 1 saturated heterocycles. The van der Waals surface area contributed by atoms with E-state index in [0.717, 1.165) is 10.9 Å². The Kier molecular flexibility index (Phi) is 4.22. The van der Waals surface area contributed by atoms with Crippen molar-refractivity contribution in [3.05, 3.63) is 28.2 Å². The molecule has 1 atom stereocenters. The van der Waals surface area contributed by atoms with Gasteiger partial charge >= 0.3 is 0 Å². The van der Waals surface area contributed by atoms with Gasteiger partial charge in [-0.15, -0.1) is 0 Å². The molecule has 116 valence electrons. The summed E-state index contributed by atoms with van der Waals surface area (Å²) < 4.78 is 13.0. The molecule has 0 radical (unpaired) electrons. The first-order chi connectivity index (χ1) is 9.64. The van der Waals surface area contributed by atoms with Gasteiger partial charge in [-0.25, -0.2) is 0 Å². The number of nitrogens with two attached hydrogens (primary N) is 1. The van der Waals surface area contributed by atoms with E-state index in [1.54, 1.807) is 12.1 Å². The van der Waals surface area contributed by atoms with E-state index in [0.29, 0.717) is 11.3 Å². The largest absolute Gasteiger partial charge is 0.487 e. The summed E-state index contributed by atoms with van der Waals surface area (Å²) in [7, 11) is 0. The SMILES string of the molecule is CC1(C)CC(Oc2ccc(Br)cc2/C(N)=N/O)C(C)(C)O1. The number of hydrogen-bond acceptors (Lipinski definition) is 4. The van der Waals surface area contributed by atoms with E-state index in [-0.39, 0.29) is 17.5 Å². The van der Waals surface area contributed by atoms with Crippen LogP contribution in [-0.2, 0) is 4.74 Å². The average molecular weight is 357 g/mol. The maximum absolute atomic E-state index is 8.92. The normalized spacial score (nSPS) is 24.0. The highest BCUT2D eigenvalue weighted by Crippen LogP contribution is 2.40. The fraction of sp³-hybridized carbons (Fsp3) is 0.533. The second-order valence-corrected chi connectivity index (χ2v) is 7.32. The van der Waals surface area contributed by atoms with Crippen LogP contribution in [0.2, 0.25) is 0 Å². The van der Waals surface area contributed by atoms with Crippen LogP contribution in [0.3, 0.4) is 0 Å². The Morgan fingerprint density at radius 2 is 2.10 bits per heavy atom. The third-order valence-corrected chi connectivity index (χ3v) is 4.08. The third kappa shape index (κ3) is 3.49. The highest BCUT2D eigenvalue weighted by Gasteiger charge is 2.47. The highest BCUT2D eigenvalue weighted by atomic mass is 79.9. The van der Waals surface area contributed by atoms with Gasteiger partial charge in [0.15, 0.2) is 5.84 Å². The zero-order chi connectivity index (χ0) is 15.8. The Morgan fingerprint density at radius 3 is 2.62 bits per heavy atom. The lowest BCUT2D eigenvalue weighted by molar-refractivity contribution is -0.0846. The topological polar surface area (TPSA) is 77.1 Å². The first kappa shape index (κ1) is 16.1. The minimum atomic E-state index is -0.404. The van der Waals surface area contributed by atoms with Gasteiger partial charge in [0.05, 0.1) is 11.2 Å². The van der Waals surface area contributed by atoms with Gasteiger partial charge in [-0.2, -0.15) is 0 Å². The van der Waals surface area contributed by atoms with Gasteiger partial charge in [0, 0.05) is 10.9 Å². The number of hydrogen-bond donors (Lipinski definition) is 2. The van der Waals surface area contributed by atoms with Crippen LogP contribution in [0.25, 0.3) is 0 Å². The van der Waals surface area contributed by atoms with Crippen molar-refractivity contribution in [3.63, 3.8) is 0 Å². The number of benzene rings is 1. The molecule has 1 aliphatic rings. The Labute approximate surface area is 133 Å². The Bertz CT molecular complexity index is 570. The number of oxime groups is 1. The van der Waals surface area contributed by atoms with Crippen LogP contribution in [0.4, 0.5) is 0 Å². The van der Waals surface area contributed by atoms with E-state index in [4.69, 9.17) is 20.4 Å². The summed E-state index contributed by atoms with van der Waals surface area (Å²) in [6.45, 7) is 8.11. The van der Waals surface area contributed by atoms with Gasteiger partial charge in [0.2, 0.25) is 0 Å². The first-order valence-electron chi connectivity index (χ1n) is 6.79. The van der Waals surface area contributed by atoms with Crippen molar-refractivity contribution in [2.45, 2.75) is 51.4 Å². The molecule has 1 aromatic carbocycles. The molecule has 2 rings (SSSR count). The molecule has 21 heavy (non-hydrogen) atoms. The lowest BCUT2D eigenvalue weighted by atomic mass is 9.97. The molecular weight excluding hydrogens is 336 g/mol. The fourth-order valence-corrected chi connectivity index (χ4v) is 3.07. The summed E-state index contributed by atoms with van der Waals surface area (Å²) in [6, 6.07) is 5.43. The zero-order valence-corrected chi connectivity index (χ0v) is 14.3. The molecule has 1 heterocycles. The van der Waals surface area contributed by atoms with E-state index in [2.05, 4.69) is 21.1 Å². The second-order valence-electron chi connectivity index (χ2n) is 6.40. The summed E-state index contributed by atoms with van der Waals surface area (Å²) in [6.07, 6.45) is 0.657. The van der Waals surface area contributed by atoms with Gasteiger partial charge in [-0.3, -0.25) is 0 Å². The number of rotatable bonds is 3. The van der Waals surface area contributed by atoms with E-state index >= 15 is 0 Å². The molecule has 0 spiro atoms. The lowest BCUT2D eigenvalue weighted by Gasteiger charge is -2.28. The molecule has 0 amide bonds. The molecule has 0 bridgehead atoms. The van der Waals surface area contributed by atoms with Gasteiger partial charge in [-0.05, 0) is 45.9 Å². The van der Waals surface area contributed by atoms with Crippen molar-refractivity contribution in [1.29, 1.82) is 0 Å². The van der Waals surface area contributed by atoms with E-state index in [1.807, 2.05) is 33.8 Å². The van der Waals surface area contributed by atoms with Gasteiger partial charge in [0.25, 0.3) is 0 Å². The Balaban J connectivity index is 2.32. The minimum absolute atomic E-state index is 0.0160. The predicted octanol–water partition coefficient (Wildman–Crippen LogP) is 3.27. The molecule has 5 nitrogen and oxygen atoms in total. The van der Waals surface area contributed by atoms with Crippen LogP contribution in [0.5, 0.6) is 5.75 Å². The van der Waals surface area contributed by atoms with Gasteiger partial charge in [-0.1, -0.05) is 21.1 Å². The van der Waals surface area contributed by atoms with Crippen LogP contribution in [0, 0.1) is 0 Å². The number of ether oxygens (including phenoxy) is 2. The van der Waals surface area contributed by atoms with Crippen molar-refractivity contribution in [2.24, 2.45) is 10.9 Å². The number of amidine groups is 1. The Hall–Kier alpha value is -1.27. The zero-order valence-electron chi connectivity index (χ0n) is 12.7. The molecule has 6 heteroatoms. The van der Waals surface area contributed by atoms with Crippen LogP contribution in [-0.4, -0.2) is 28.3 Å². The standard InChI is InChI=1S/C15H21BrN2O3/c1-14(2)8-12(15(3,4)21-14)20-11-6-5-9(16)7-10(11)13(17)18-19/h5-7,12,19H,8H2,1-4H3,(H2,17,18). The molecule has 1 aliphatic heterocycles. The molecule has 1 aromatic rings. The second kappa shape index (κ2) is 5.50. The quantitative estimate of drug-likeness (QED) is 0.377. The molecule has 1 unspecified atom stereocenters. The van der Waals surface area contributed by atoms with Crippen molar-refractivity contribution in [1.82, 2.24) is 0 Å². The third-order valence-electron chi connectivity index (χ3n) is 3.59. The summed E-state index contributed by atoms with van der Waals surface area (Å²) in [4.78, 5) is 0. The smallest absolute Gasteiger partial charge is 0.173 e. The molecule has 0 aromatic heterocycles. The van der Waals surface area contributed by atoms with Crippen molar-refractivity contribution < 1.29 is 14.7 Å². The van der Waals surface area contributed by atoms with Crippen LogP contribution >= 0.6 is 15.9 Å². The summed E-state index contributed by atoms with van der Waals surface area (Å²) in [5.41, 5.74) is 5.64. The molecule has 0 aliphatic carbocycles. The minimum Gasteiger partial charge on any atom is -0.487 e. The molecule has 3 N–H and O–H groups in total. The molecule has 0 saturated carbocycles. The van der Waals surface area contributed by atoms with Crippen LogP contribution in [0.15, 0.2) is 27.8 Å². The van der Waals surface area contributed by atoms with Gasteiger partial charge < -0.3 is 20.4 Å². The van der Waals surface area contributed by atoms with E-state index in [9.17, 15) is 0 Å². The van der Waals surface area contributed by atoms with E-state index < -0.39 is 5.60 Å². The average Bonchev–Trinajstić information content (AvgIpc) is 2.58. The summed E-state index contributed by atoms with van der Waals surface area (Å²) >= 11 is 3.37. The predicted molar refractivity (Wildman–Crippen MR) is 84.9 cm³/mol. The van der Waals surface area contributed by atoms with E-state index in [1.165, 1.54) is 0 Å². The summed E-state index contributed by atoms with van der Waals surface area (Å²) in [5.74, 6) is 0.593. The van der Waals surface area contributed by atoms with Crippen LogP contribution in [0.1, 0.15) is 39.7 Å². The molecular formula is C15H21BrN2O3. The van der Waals surface area contributed by atoms with Crippen molar-refractivity contribution in [2.75, 3.05) is 0 Å². The fourth-order valence-electron chi connectivity index (χ4n) is 2.71. The monoisotopic (exact) mass is 356 g/mol. The lowest BCUT2D eigenvalue weighted by Crippen LogP contribution is -2.37. The van der Waals surface area contributed by atoms with Crippen molar-refractivity contribution >= 4 is 21.8 Å². The Morgan fingerprint density at radius 1 is 1.43 bits per heavy atom. The summed E-state index contributed by atoms with van der Waals surface area (Å²) in [5, 5.41) is 12.0. The first-order valence-corrected chi connectivity index (χ1v) is 7.58. The highest BCUT2D eigenvalue weighted by molar-refractivity contribution is 9.10. The number of halogens is 1. The maximum atomic E-state index is 8.92. The maximum Gasteiger partial charge on any atom is 0.173 e.